The lowest BCUT2D eigenvalue weighted by Gasteiger charge is -2.33. The molecule has 1 atom stereocenters. The number of nitrogens with zero attached hydrogens (tertiary/aromatic N) is 1. The molecule has 0 bridgehead atoms. The normalized spacial score (nSPS) is 15.7. The van der Waals surface area contributed by atoms with Crippen molar-refractivity contribution in [3.8, 4) is 17.2 Å². The van der Waals surface area contributed by atoms with E-state index in [9.17, 15) is 13.2 Å². The molecule has 1 aliphatic rings. The topological polar surface area (TPSA) is 94.2 Å². The predicted octanol–water partition coefficient (Wildman–Crippen LogP) is 3.42. The van der Waals surface area contributed by atoms with Gasteiger partial charge < -0.3 is 19.1 Å². The summed E-state index contributed by atoms with van der Waals surface area (Å²) in [7, 11) is -3.91. The van der Waals surface area contributed by atoms with Crippen LogP contribution in [0.4, 0.5) is 11.4 Å². The van der Waals surface area contributed by atoms with E-state index >= 15 is 0 Å². The second kappa shape index (κ2) is 8.83. The number of fused-ring (bicyclic) bond motifs is 1. The maximum absolute atomic E-state index is 13.0. The van der Waals surface area contributed by atoms with Gasteiger partial charge in [-0.1, -0.05) is 0 Å². The molecule has 3 rings (SSSR count). The zero-order valence-electron chi connectivity index (χ0n) is 17.5. The predicted molar refractivity (Wildman–Crippen MR) is 114 cm³/mol. The lowest BCUT2D eigenvalue weighted by atomic mass is 10.2. The van der Waals surface area contributed by atoms with E-state index in [0.717, 1.165) is 0 Å². The lowest BCUT2D eigenvalue weighted by molar-refractivity contribution is -0.117. The molecule has 162 valence electrons. The van der Waals surface area contributed by atoms with Gasteiger partial charge in [0, 0.05) is 13.0 Å². The smallest absolute Gasteiger partial charge is 0.261 e. The summed E-state index contributed by atoms with van der Waals surface area (Å²) < 4.78 is 45.3. The summed E-state index contributed by atoms with van der Waals surface area (Å²) in [6.07, 6.45) is -0.178. The highest BCUT2D eigenvalue weighted by Crippen LogP contribution is 2.36. The van der Waals surface area contributed by atoms with Gasteiger partial charge in [0.1, 0.15) is 11.9 Å². The molecule has 1 amide bonds. The van der Waals surface area contributed by atoms with Crippen LogP contribution in [-0.2, 0) is 14.8 Å². The van der Waals surface area contributed by atoms with Crippen LogP contribution in [0.1, 0.15) is 27.7 Å². The van der Waals surface area contributed by atoms with Crippen molar-refractivity contribution < 1.29 is 27.4 Å². The number of hydrogen-bond donors (Lipinski definition) is 1. The zero-order chi connectivity index (χ0) is 21.9. The first-order valence-corrected chi connectivity index (χ1v) is 11.2. The average molecular weight is 435 g/mol. The number of nitrogens with one attached hydrogen (secondary N) is 1. The minimum absolute atomic E-state index is 0.0255. The first-order chi connectivity index (χ1) is 14.2. The molecule has 1 heterocycles. The molecule has 1 N–H and O–H groups in total. The first kappa shape index (κ1) is 21.8. The Balaban J connectivity index is 1.92. The molecule has 9 heteroatoms. The number of rotatable bonds is 7. The molecule has 8 nitrogen and oxygen atoms in total. The van der Waals surface area contributed by atoms with Crippen molar-refractivity contribution in [3.05, 3.63) is 36.4 Å². The molecule has 0 saturated carbocycles. The number of amides is 1. The van der Waals surface area contributed by atoms with E-state index < -0.39 is 10.0 Å². The Morgan fingerprint density at radius 1 is 1.13 bits per heavy atom. The van der Waals surface area contributed by atoms with Crippen molar-refractivity contribution >= 4 is 27.3 Å². The lowest BCUT2D eigenvalue weighted by Crippen LogP contribution is -2.41. The maximum Gasteiger partial charge on any atom is 0.261 e. The van der Waals surface area contributed by atoms with Crippen molar-refractivity contribution in [1.29, 1.82) is 0 Å². The van der Waals surface area contributed by atoms with Crippen LogP contribution in [0.25, 0.3) is 0 Å². The van der Waals surface area contributed by atoms with Crippen molar-refractivity contribution in [3.63, 3.8) is 0 Å². The minimum atomic E-state index is -3.91. The Hall–Kier alpha value is -2.94. The van der Waals surface area contributed by atoms with Crippen molar-refractivity contribution in [1.82, 2.24) is 0 Å². The number of ether oxygens (including phenoxy) is 3. The largest absolute Gasteiger partial charge is 0.490 e. The van der Waals surface area contributed by atoms with E-state index in [1.54, 1.807) is 24.3 Å². The molecular formula is C21H26N2O6S. The van der Waals surface area contributed by atoms with Gasteiger partial charge in [-0.05, 0) is 51.1 Å². The third-order valence-electron chi connectivity index (χ3n) is 4.48. The van der Waals surface area contributed by atoms with Crippen LogP contribution in [0.2, 0.25) is 0 Å². The molecule has 2 aromatic rings. The van der Waals surface area contributed by atoms with Crippen LogP contribution >= 0.6 is 0 Å². The summed E-state index contributed by atoms with van der Waals surface area (Å²) in [6.45, 7) is 8.23. The highest BCUT2D eigenvalue weighted by Gasteiger charge is 2.28. The Morgan fingerprint density at radius 3 is 2.50 bits per heavy atom. The summed E-state index contributed by atoms with van der Waals surface area (Å²) in [5.41, 5.74) is 0.776. The maximum atomic E-state index is 13.0. The molecule has 0 spiro atoms. The van der Waals surface area contributed by atoms with Crippen LogP contribution in [0, 0.1) is 0 Å². The van der Waals surface area contributed by atoms with Crippen LogP contribution < -0.4 is 23.8 Å². The molecule has 0 radical (unpaired) electrons. The molecule has 1 aliphatic heterocycles. The van der Waals surface area contributed by atoms with Crippen LogP contribution in [0.15, 0.2) is 41.3 Å². The van der Waals surface area contributed by atoms with E-state index in [4.69, 9.17) is 14.2 Å². The third-order valence-corrected chi connectivity index (χ3v) is 5.85. The molecule has 1 unspecified atom stereocenters. The Bertz CT molecular complexity index is 1040. The van der Waals surface area contributed by atoms with E-state index in [0.29, 0.717) is 48.4 Å². The van der Waals surface area contributed by atoms with E-state index in [1.165, 1.54) is 24.0 Å². The van der Waals surface area contributed by atoms with Gasteiger partial charge in [0.25, 0.3) is 10.0 Å². The van der Waals surface area contributed by atoms with Gasteiger partial charge in [-0.25, -0.2) is 8.42 Å². The molecule has 2 aromatic carbocycles. The van der Waals surface area contributed by atoms with Crippen molar-refractivity contribution in [2.24, 2.45) is 0 Å². The molecular weight excluding hydrogens is 408 g/mol. The van der Waals surface area contributed by atoms with Gasteiger partial charge in [-0.15, -0.1) is 0 Å². The summed E-state index contributed by atoms with van der Waals surface area (Å²) in [6, 6.07) is 9.32. The number of benzene rings is 2. The van der Waals surface area contributed by atoms with E-state index in [-0.39, 0.29) is 16.9 Å². The van der Waals surface area contributed by atoms with Crippen molar-refractivity contribution in [2.45, 2.75) is 38.7 Å². The monoisotopic (exact) mass is 434 g/mol. The Morgan fingerprint density at radius 2 is 1.83 bits per heavy atom. The fourth-order valence-electron chi connectivity index (χ4n) is 3.21. The van der Waals surface area contributed by atoms with Gasteiger partial charge in [-0.2, -0.15) is 0 Å². The average Bonchev–Trinajstić information content (AvgIpc) is 2.69. The fourth-order valence-corrected chi connectivity index (χ4v) is 4.28. The number of carbonyl (C=O) groups excluding carboxylic acids is 1. The fraction of sp³-hybridized carbons (Fsp3) is 0.381. The molecule has 30 heavy (non-hydrogen) atoms. The molecule has 0 aliphatic carbocycles. The van der Waals surface area contributed by atoms with E-state index in [1.807, 2.05) is 20.8 Å². The van der Waals surface area contributed by atoms with Gasteiger partial charge in [0.15, 0.2) is 11.5 Å². The summed E-state index contributed by atoms with van der Waals surface area (Å²) in [5.74, 6) is 1.29. The van der Waals surface area contributed by atoms with Crippen LogP contribution in [0.3, 0.4) is 0 Å². The van der Waals surface area contributed by atoms with Crippen molar-refractivity contribution in [2.75, 3.05) is 29.4 Å². The molecule has 0 aromatic heterocycles. The second-order valence-corrected chi connectivity index (χ2v) is 8.50. The van der Waals surface area contributed by atoms with Gasteiger partial charge in [-0.3, -0.25) is 9.52 Å². The zero-order valence-corrected chi connectivity index (χ0v) is 18.3. The summed E-state index contributed by atoms with van der Waals surface area (Å²) >= 11 is 0. The third kappa shape index (κ3) is 4.62. The molecule has 0 fully saturated rings. The number of carbonyl (C=O) groups is 1. The summed E-state index contributed by atoms with van der Waals surface area (Å²) in [5, 5.41) is 0. The summed E-state index contributed by atoms with van der Waals surface area (Å²) in [4.78, 5) is 13.6. The van der Waals surface area contributed by atoms with Gasteiger partial charge in [0.05, 0.1) is 36.0 Å². The number of anilines is 2. The second-order valence-electron chi connectivity index (χ2n) is 6.82. The number of hydrogen-bond acceptors (Lipinski definition) is 6. The highest BCUT2D eigenvalue weighted by atomic mass is 32.2. The number of sulfonamides is 1. The van der Waals surface area contributed by atoms with E-state index in [2.05, 4.69) is 4.72 Å². The standard InChI is InChI=1S/C21H26N2O6S/c1-5-27-20-9-7-16(11-21(20)28-6-2)22-30(25,26)17-8-10-19-18(12-17)23(15(4)24)13-14(3)29-19/h7-12,14,22H,5-6,13H2,1-4H3. The SMILES string of the molecule is CCOc1ccc(NS(=O)(=O)c2ccc3c(c2)N(C(C)=O)CC(C)O3)cc1OCC. The Labute approximate surface area is 176 Å². The molecule has 0 saturated heterocycles. The highest BCUT2D eigenvalue weighted by molar-refractivity contribution is 7.92. The van der Waals surface area contributed by atoms with Gasteiger partial charge >= 0.3 is 0 Å². The van der Waals surface area contributed by atoms with Crippen LogP contribution in [0.5, 0.6) is 17.2 Å². The first-order valence-electron chi connectivity index (χ1n) is 9.76. The quantitative estimate of drug-likeness (QED) is 0.718. The Kier molecular flexibility index (Phi) is 6.40. The van der Waals surface area contributed by atoms with Gasteiger partial charge in [0.2, 0.25) is 5.91 Å². The van der Waals surface area contributed by atoms with Crippen LogP contribution in [-0.4, -0.2) is 40.2 Å². The minimum Gasteiger partial charge on any atom is -0.490 e.